The van der Waals surface area contributed by atoms with Gasteiger partial charge in [0, 0.05) is 23.1 Å². The van der Waals surface area contributed by atoms with Gasteiger partial charge < -0.3 is 4.74 Å². The number of fused-ring (bicyclic) bond motifs is 1. The molecule has 1 heterocycles. The highest BCUT2D eigenvalue weighted by molar-refractivity contribution is 6.49. The second-order valence-corrected chi connectivity index (χ2v) is 6.58. The SMILES string of the molecule is C[C@@]12C=CC(=O)[C@@H](Cl)[C@@H]1/C(=C(\Cl)c1ccc([N+](=O)[O-])cc1)CO2. The van der Waals surface area contributed by atoms with Crippen molar-refractivity contribution in [2.75, 3.05) is 6.61 Å². The molecule has 1 aliphatic carbocycles. The first kappa shape index (κ1) is 16.2. The predicted molar refractivity (Wildman–Crippen MR) is 87.5 cm³/mol. The van der Waals surface area contributed by atoms with Crippen molar-refractivity contribution in [3.8, 4) is 0 Å². The molecule has 1 aliphatic heterocycles. The number of hydrogen-bond acceptors (Lipinski definition) is 4. The van der Waals surface area contributed by atoms with E-state index in [1.165, 1.54) is 18.2 Å². The van der Waals surface area contributed by atoms with Crippen LogP contribution in [0.2, 0.25) is 0 Å². The average Bonchev–Trinajstić information content (AvgIpc) is 2.89. The van der Waals surface area contributed by atoms with Crippen LogP contribution in [0.3, 0.4) is 0 Å². The molecular weight excluding hydrogens is 341 g/mol. The van der Waals surface area contributed by atoms with Gasteiger partial charge in [0.15, 0.2) is 5.78 Å². The molecule has 1 fully saturated rings. The van der Waals surface area contributed by atoms with Gasteiger partial charge in [0.2, 0.25) is 0 Å². The molecule has 7 heteroatoms. The van der Waals surface area contributed by atoms with E-state index in [-0.39, 0.29) is 24.0 Å². The van der Waals surface area contributed by atoms with Gasteiger partial charge >= 0.3 is 0 Å². The molecule has 0 saturated carbocycles. The maximum atomic E-state index is 11.9. The van der Waals surface area contributed by atoms with Crippen LogP contribution >= 0.6 is 23.2 Å². The Kier molecular flexibility index (Phi) is 4.04. The smallest absolute Gasteiger partial charge is 0.269 e. The summed E-state index contributed by atoms with van der Waals surface area (Å²) in [6.07, 6.45) is 3.16. The number of non-ortho nitro benzene ring substituents is 1. The number of nitro groups is 1. The number of ketones is 1. The number of alkyl halides is 1. The molecule has 23 heavy (non-hydrogen) atoms. The van der Waals surface area contributed by atoms with Gasteiger partial charge in [-0.1, -0.05) is 11.6 Å². The molecule has 1 aromatic rings. The Morgan fingerprint density at radius 1 is 1.39 bits per heavy atom. The predicted octanol–water partition coefficient (Wildman–Crippen LogP) is 3.70. The fourth-order valence-electron chi connectivity index (χ4n) is 3.00. The van der Waals surface area contributed by atoms with Gasteiger partial charge in [-0.25, -0.2) is 0 Å². The summed E-state index contributed by atoms with van der Waals surface area (Å²) in [5, 5.41) is 10.4. The van der Waals surface area contributed by atoms with E-state index in [0.29, 0.717) is 10.6 Å². The maximum absolute atomic E-state index is 11.9. The van der Waals surface area contributed by atoms with E-state index >= 15 is 0 Å². The summed E-state index contributed by atoms with van der Waals surface area (Å²) < 4.78 is 5.81. The molecule has 120 valence electrons. The van der Waals surface area contributed by atoms with Gasteiger partial charge in [-0.3, -0.25) is 14.9 Å². The Morgan fingerprint density at radius 2 is 2.04 bits per heavy atom. The Labute approximate surface area is 142 Å². The molecule has 0 spiro atoms. The van der Waals surface area contributed by atoms with E-state index in [4.69, 9.17) is 27.9 Å². The zero-order valence-electron chi connectivity index (χ0n) is 12.2. The molecule has 0 unspecified atom stereocenters. The molecule has 0 radical (unpaired) electrons. The number of benzene rings is 1. The topological polar surface area (TPSA) is 69.4 Å². The van der Waals surface area contributed by atoms with Crippen LogP contribution in [0.15, 0.2) is 42.0 Å². The summed E-state index contributed by atoms with van der Waals surface area (Å²) in [5.41, 5.74) is 0.685. The minimum atomic E-state index is -0.741. The van der Waals surface area contributed by atoms with Crippen LogP contribution in [-0.4, -0.2) is 28.3 Å². The Bertz CT molecular complexity index is 741. The lowest BCUT2D eigenvalue weighted by molar-refractivity contribution is -0.384. The van der Waals surface area contributed by atoms with E-state index < -0.39 is 15.9 Å². The molecule has 3 atom stereocenters. The first-order chi connectivity index (χ1) is 10.8. The number of nitro benzene ring substituents is 1. The van der Waals surface area contributed by atoms with Crippen molar-refractivity contribution < 1.29 is 14.5 Å². The van der Waals surface area contributed by atoms with Crippen LogP contribution < -0.4 is 0 Å². The molecule has 0 bridgehead atoms. The normalized spacial score (nSPS) is 31.9. The highest BCUT2D eigenvalue weighted by Gasteiger charge is 2.50. The summed E-state index contributed by atoms with van der Waals surface area (Å²) in [4.78, 5) is 22.1. The first-order valence-electron chi connectivity index (χ1n) is 6.98. The van der Waals surface area contributed by atoms with Crippen LogP contribution in [0.4, 0.5) is 5.69 Å². The van der Waals surface area contributed by atoms with E-state index in [0.717, 1.165) is 5.57 Å². The molecule has 1 saturated heterocycles. The summed E-state index contributed by atoms with van der Waals surface area (Å²) in [7, 11) is 0. The minimum absolute atomic E-state index is 0.0123. The Hall–Kier alpha value is -1.69. The van der Waals surface area contributed by atoms with Crippen molar-refractivity contribution in [2.45, 2.75) is 17.9 Å². The number of rotatable bonds is 2. The zero-order chi connectivity index (χ0) is 16.8. The van der Waals surface area contributed by atoms with Gasteiger partial charge in [0.25, 0.3) is 5.69 Å². The number of ether oxygens (including phenoxy) is 1. The van der Waals surface area contributed by atoms with Crippen molar-refractivity contribution in [1.82, 2.24) is 0 Å². The fraction of sp³-hybridized carbons (Fsp3) is 0.312. The molecule has 0 amide bonds. The highest BCUT2D eigenvalue weighted by Crippen LogP contribution is 2.47. The second kappa shape index (κ2) is 5.74. The van der Waals surface area contributed by atoms with Crippen molar-refractivity contribution in [3.05, 3.63) is 57.7 Å². The molecule has 1 aromatic carbocycles. The number of carbonyl (C=O) groups is 1. The lowest BCUT2D eigenvalue weighted by Gasteiger charge is -2.33. The number of nitrogens with zero attached hydrogens (tertiary/aromatic N) is 1. The van der Waals surface area contributed by atoms with E-state index in [1.54, 1.807) is 18.2 Å². The number of hydrogen-bond donors (Lipinski definition) is 0. The van der Waals surface area contributed by atoms with Crippen LogP contribution in [0.5, 0.6) is 0 Å². The number of allylic oxidation sites excluding steroid dienone is 1. The van der Waals surface area contributed by atoms with Crippen LogP contribution in [0, 0.1) is 16.0 Å². The molecule has 0 N–H and O–H groups in total. The third-order valence-corrected chi connectivity index (χ3v) is 5.22. The van der Waals surface area contributed by atoms with E-state index in [9.17, 15) is 14.9 Å². The molecule has 0 aromatic heterocycles. The van der Waals surface area contributed by atoms with Crippen molar-refractivity contribution in [1.29, 1.82) is 0 Å². The quantitative estimate of drug-likeness (QED) is 0.461. The zero-order valence-corrected chi connectivity index (χ0v) is 13.7. The van der Waals surface area contributed by atoms with Crippen molar-refractivity contribution >= 4 is 39.7 Å². The lowest BCUT2D eigenvalue weighted by Crippen LogP contribution is -2.42. The summed E-state index contributed by atoms with van der Waals surface area (Å²) in [5.74, 6) is -0.533. The molecule has 2 aliphatic rings. The third-order valence-electron chi connectivity index (χ3n) is 4.29. The van der Waals surface area contributed by atoms with E-state index in [2.05, 4.69) is 0 Å². The fourth-order valence-corrected chi connectivity index (χ4v) is 3.77. The average molecular weight is 354 g/mol. The molecule has 5 nitrogen and oxygen atoms in total. The van der Waals surface area contributed by atoms with Gasteiger partial charge in [-0.15, -0.1) is 11.6 Å². The van der Waals surface area contributed by atoms with Crippen LogP contribution in [0.25, 0.3) is 5.03 Å². The summed E-state index contributed by atoms with van der Waals surface area (Å²) in [6, 6.07) is 5.93. The summed E-state index contributed by atoms with van der Waals surface area (Å²) >= 11 is 12.8. The Morgan fingerprint density at radius 3 is 2.65 bits per heavy atom. The van der Waals surface area contributed by atoms with Gasteiger partial charge in [-0.05, 0) is 42.3 Å². The number of halogens is 2. The van der Waals surface area contributed by atoms with Gasteiger partial charge in [0.05, 0.1) is 17.1 Å². The minimum Gasteiger partial charge on any atom is -0.366 e. The third kappa shape index (κ3) is 2.69. The monoisotopic (exact) mass is 353 g/mol. The number of carbonyl (C=O) groups excluding carboxylic acids is 1. The Balaban J connectivity index is 2.02. The molecule has 3 rings (SSSR count). The van der Waals surface area contributed by atoms with Crippen LogP contribution in [0.1, 0.15) is 12.5 Å². The highest BCUT2D eigenvalue weighted by atomic mass is 35.5. The van der Waals surface area contributed by atoms with Gasteiger partial charge in [-0.2, -0.15) is 0 Å². The molecular formula is C16H13Cl2NO4. The summed E-state index contributed by atoms with van der Waals surface area (Å²) in [6.45, 7) is 2.13. The van der Waals surface area contributed by atoms with Crippen molar-refractivity contribution in [3.63, 3.8) is 0 Å². The maximum Gasteiger partial charge on any atom is 0.269 e. The van der Waals surface area contributed by atoms with E-state index in [1.807, 2.05) is 6.92 Å². The largest absolute Gasteiger partial charge is 0.366 e. The van der Waals surface area contributed by atoms with Crippen LogP contribution in [-0.2, 0) is 9.53 Å². The van der Waals surface area contributed by atoms with Crippen molar-refractivity contribution in [2.24, 2.45) is 5.92 Å². The standard InChI is InChI=1S/C16H13Cl2NO4/c1-16-7-6-12(20)15(18)13(16)11(8-23-16)14(17)9-2-4-10(5-3-9)19(21)22/h2-7,13,15H,8H2,1H3/b14-11-/t13-,15+,16+/m0/s1. The second-order valence-electron chi connectivity index (χ2n) is 5.73. The lowest BCUT2D eigenvalue weighted by atomic mass is 9.77. The van der Waals surface area contributed by atoms with Gasteiger partial charge in [0.1, 0.15) is 5.38 Å². The first-order valence-corrected chi connectivity index (χ1v) is 7.79.